The van der Waals surface area contributed by atoms with E-state index in [-0.39, 0.29) is 5.91 Å². The molecule has 162 valence electrons. The van der Waals surface area contributed by atoms with E-state index in [1.165, 1.54) is 0 Å². The Balaban J connectivity index is 1.65. The number of carbonyl (C=O) groups excluding carboxylic acids is 1. The minimum absolute atomic E-state index is 0.0192. The quantitative estimate of drug-likeness (QED) is 0.662. The average Bonchev–Trinajstić information content (AvgIpc) is 2.79. The first-order chi connectivity index (χ1) is 15.2. The van der Waals surface area contributed by atoms with Gasteiger partial charge >= 0.3 is 0 Å². The van der Waals surface area contributed by atoms with Crippen molar-refractivity contribution < 1.29 is 4.79 Å². The maximum Gasteiger partial charge on any atom is 0.254 e. The van der Waals surface area contributed by atoms with Crippen molar-refractivity contribution in [1.82, 2.24) is 9.97 Å². The van der Waals surface area contributed by atoms with Crippen molar-refractivity contribution in [2.45, 2.75) is 32.2 Å². The van der Waals surface area contributed by atoms with Crippen LogP contribution in [-0.2, 0) is 10.2 Å². The van der Waals surface area contributed by atoms with Crippen LogP contribution >= 0.6 is 0 Å². The van der Waals surface area contributed by atoms with Crippen molar-refractivity contribution in [2.24, 2.45) is 0 Å². The third kappa shape index (κ3) is 3.65. The van der Waals surface area contributed by atoms with Crippen LogP contribution in [-0.4, -0.2) is 30.0 Å². The number of likely N-dealkylation sites (N-methyl/N-ethyl adjacent to an activating group) is 2. The highest BCUT2D eigenvalue weighted by Crippen LogP contribution is 2.39. The van der Waals surface area contributed by atoms with Gasteiger partial charge < -0.3 is 15.1 Å². The first-order valence-corrected chi connectivity index (χ1v) is 10.4. The van der Waals surface area contributed by atoms with Crippen LogP contribution in [0.2, 0.25) is 0 Å². The van der Waals surface area contributed by atoms with Crippen molar-refractivity contribution >= 4 is 29.0 Å². The third-order valence-corrected chi connectivity index (χ3v) is 6.02. The van der Waals surface area contributed by atoms with Gasteiger partial charge in [0.2, 0.25) is 5.95 Å². The number of aromatic nitrogens is 2. The van der Waals surface area contributed by atoms with Crippen LogP contribution in [0.3, 0.4) is 0 Å². The molecule has 1 unspecified atom stereocenters. The summed E-state index contributed by atoms with van der Waals surface area (Å²) in [5, 5.41) is 12.6. The second-order valence-electron chi connectivity index (χ2n) is 8.61. The van der Waals surface area contributed by atoms with E-state index in [4.69, 9.17) is 4.98 Å². The van der Waals surface area contributed by atoms with E-state index in [0.717, 1.165) is 22.4 Å². The number of rotatable bonds is 4. The lowest BCUT2D eigenvalue weighted by atomic mass is 9.86. The molecule has 0 bridgehead atoms. The van der Waals surface area contributed by atoms with E-state index in [2.05, 4.69) is 16.4 Å². The van der Waals surface area contributed by atoms with Crippen LogP contribution in [0.1, 0.15) is 36.6 Å². The number of anilines is 4. The molecule has 1 aromatic heterocycles. The lowest BCUT2D eigenvalue weighted by Gasteiger charge is -2.39. The summed E-state index contributed by atoms with van der Waals surface area (Å²) >= 11 is 0. The molecule has 0 saturated carbocycles. The van der Waals surface area contributed by atoms with Gasteiger partial charge in [-0.2, -0.15) is 10.2 Å². The molecule has 2 heterocycles. The van der Waals surface area contributed by atoms with Gasteiger partial charge in [-0.25, -0.2) is 4.98 Å². The lowest BCUT2D eigenvalue weighted by Crippen LogP contribution is -2.45. The molecule has 4 rings (SSSR count). The van der Waals surface area contributed by atoms with Gasteiger partial charge in [0.05, 0.1) is 17.7 Å². The first kappa shape index (κ1) is 21.3. The molecule has 1 aliphatic rings. The first-order valence-electron chi connectivity index (χ1n) is 10.4. The number of nitriles is 1. The summed E-state index contributed by atoms with van der Waals surface area (Å²) in [5.74, 6) is 1.10. The highest BCUT2D eigenvalue weighted by molar-refractivity contribution is 6.04. The largest absolute Gasteiger partial charge is 0.342 e. The van der Waals surface area contributed by atoms with E-state index in [1.807, 2.05) is 81.2 Å². The standard InChI is InChI=1S/C25H26N6O/c1-16-8-6-7-9-19(16)21-23(32)30(4)20-14-27-24(29-22(20)31(21)5)28-18-12-10-17(11-13-18)25(2,3)15-26/h6-14,21H,1-5H3,(H,27,28,29). The number of nitrogens with one attached hydrogen (secondary N) is 1. The van der Waals surface area contributed by atoms with E-state index >= 15 is 0 Å². The van der Waals surface area contributed by atoms with E-state index in [1.54, 1.807) is 18.1 Å². The van der Waals surface area contributed by atoms with Gasteiger partial charge in [-0.1, -0.05) is 36.4 Å². The van der Waals surface area contributed by atoms with E-state index < -0.39 is 11.5 Å². The van der Waals surface area contributed by atoms with Crippen molar-refractivity contribution in [1.29, 1.82) is 5.26 Å². The second kappa shape index (κ2) is 7.97. The Morgan fingerprint density at radius 3 is 2.44 bits per heavy atom. The number of nitrogens with zero attached hydrogens (tertiary/aromatic N) is 5. The smallest absolute Gasteiger partial charge is 0.254 e. The van der Waals surface area contributed by atoms with Crippen molar-refractivity contribution in [3.8, 4) is 6.07 Å². The number of fused-ring (bicyclic) bond motifs is 1. The average molecular weight is 427 g/mol. The molecule has 2 aromatic carbocycles. The van der Waals surface area contributed by atoms with Gasteiger partial charge in [0.1, 0.15) is 11.7 Å². The minimum Gasteiger partial charge on any atom is -0.342 e. The summed E-state index contributed by atoms with van der Waals surface area (Å²) in [6, 6.07) is 17.4. The minimum atomic E-state index is -0.550. The van der Waals surface area contributed by atoms with Gasteiger partial charge in [0, 0.05) is 19.8 Å². The fourth-order valence-electron chi connectivity index (χ4n) is 3.91. The SMILES string of the molecule is Cc1ccccc1C1C(=O)N(C)c2cnc(Nc3ccc(C(C)(C)C#N)cc3)nc2N1C. The van der Waals surface area contributed by atoms with Gasteiger partial charge in [-0.05, 0) is 49.6 Å². The van der Waals surface area contributed by atoms with Gasteiger partial charge in [-0.15, -0.1) is 0 Å². The van der Waals surface area contributed by atoms with Crippen LogP contribution in [0.15, 0.2) is 54.7 Å². The van der Waals surface area contributed by atoms with Crippen molar-refractivity contribution in [2.75, 3.05) is 29.2 Å². The molecule has 1 N–H and O–H groups in total. The van der Waals surface area contributed by atoms with Gasteiger partial charge in [0.25, 0.3) is 5.91 Å². The molecule has 0 spiro atoms. The topological polar surface area (TPSA) is 85.2 Å². The molecule has 1 aliphatic heterocycles. The lowest BCUT2D eigenvalue weighted by molar-refractivity contribution is -0.120. The second-order valence-corrected chi connectivity index (χ2v) is 8.61. The predicted octanol–water partition coefficient (Wildman–Crippen LogP) is 4.48. The molecule has 1 atom stereocenters. The fraction of sp³-hybridized carbons (Fsp3) is 0.280. The zero-order valence-electron chi connectivity index (χ0n) is 18.9. The summed E-state index contributed by atoms with van der Waals surface area (Å²) < 4.78 is 0. The normalized spacial score (nSPS) is 15.9. The zero-order valence-corrected chi connectivity index (χ0v) is 18.9. The number of hydrogen-bond acceptors (Lipinski definition) is 6. The number of amides is 1. The molecule has 0 aliphatic carbocycles. The molecule has 0 fully saturated rings. The molecule has 7 nitrogen and oxygen atoms in total. The Hall–Kier alpha value is -3.92. The number of carbonyl (C=O) groups is 1. The van der Waals surface area contributed by atoms with Gasteiger partial charge in [0.15, 0.2) is 5.82 Å². The Bertz CT molecular complexity index is 1210. The number of aryl methyl sites for hydroxylation is 1. The summed E-state index contributed by atoms with van der Waals surface area (Å²) in [6.45, 7) is 5.79. The number of hydrogen-bond donors (Lipinski definition) is 1. The molecule has 1 amide bonds. The molecule has 3 aromatic rings. The number of benzene rings is 2. The molecular formula is C25H26N6O. The van der Waals surface area contributed by atoms with E-state index in [0.29, 0.717) is 17.5 Å². The summed E-state index contributed by atoms with van der Waals surface area (Å²) in [6.07, 6.45) is 1.67. The zero-order chi connectivity index (χ0) is 23.0. The van der Waals surface area contributed by atoms with Crippen molar-refractivity contribution in [3.63, 3.8) is 0 Å². The fourth-order valence-corrected chi connectivity index (χ4v) is 3.91. The summed E-state index contributed by atoms with van der Waals surface area (Å²) in [5.41, 5.74) is 3.90. The van der Waals surface area contributed by atoms with Crippen LogP contribution < -0.4 is 15.1 Å². The van der Waals surface area contributed by atoms with Crippen molar-refractivity contribution in [3.05, 3.63) is 71.4 Å². The van der Waals surface area contributed by atoms with Crippen LogP contribution in [0.25, 0.3) is 0 Å². The molecular weight excluding hydrogens is 400 g/mol. The summed E-state index contributed by atoms with van der Waals surface area (Å²) in [7, 11) is 3.64. The molecule has 0 radical (unpaired) electrons. The van der Waals surface area contributed by atoms with Gasteiger partial charge in [-0.3, -0.25) is 4.79 Å². The molecule has 0 saturated heterocycles. The van der Waals surface area contributed by atoms with E-state index in [9.17, 15) is 10.1 Å². The predicted molar refractivity (Wildman–Crippen MR) is 126 cm³/mol. The van der Waals surface area contributed by atoms with Crippen LogP contribution in [0, 0.1) is 18.3 Å². The third-order valence-electron chi connectivity index (χ3n) is 6.02. The Morgan fingerprint density at radius 2 is 1.78 bits per heavy atom. The maximum absolute atomic E-state index is 13.2. The Kier molecular flexibility index (Phi) is 5.31. The van der Waals surface area contributed by atoms with Crippen LogP contribution in [0.5, 0.6) is 0 Å². The Morgan fingerprint density at radius 1 is 1.09 bits per heavy atom. The maximum atomic E-state index is 13.2. The highest BCUT2D eigenvalue weighted by atomic mass is 16.2. The van der Waals surface area contributed by atoms with Crippen LogP contribution in [0.4, 0.5) is 23.1 Å². The summed E-state index contributed by atoms with van der Waals surface area (Å²) in [4.78, 5) is 25.8. The molecule has 7 heteroatoms. The monoisotopic (exact) mass is 426 g/mol. The highest BCUT2D eigenvalue weighted by Gasteiger charge is 2.37. The Labute approximate surface area is 188 Å². The molecule has 32 heavy (non-hydrogen) atoms.